The van der Waals surface area contributed by atoms with E-state index >= 15 is 0 Å². The monoisotopic (exact) mass is 298 g/mol. The maximum atomic E-state index is 12.3. The average Bonchev–Trinajstić information content (AvgIpc) is 2.38. The van der Waals surface area contributed by atoms with Gasteiger partial charge in [-0.15, -0.1) is 0 Å². The van der Waals surface area contributed by atoms with Gasteiger partial charge in [-0.05, 0) is 31.0 Å². The lowest BCUT2D eigenvalue weighted by atomic mass is 9.96. The molecule has 0 unspecified atom stereocenters. The summed E-state index contributed by atoms with van der Waals surface area (Å²) < 4.78 is 27.2. The Labute approximate surface area is 118 Å². The van der Waals surface area contributed by atoms with Crippen LogP contribution in [0.5, 0.6) is 0 Å². The van der Waals surface area contributed by atoms with Crippen LogP contribution in [0, 0.1) is 0 Å². The second-order valence-electron chi connectivity index (χ2n) is 5.01. The summed E-state index contributed by atoms with van der Waals surface area (Å²) in [7, 11) is -3.70. The molecule has 1 saturated carbocycles. The fraction of sp³-hybridized carbons (Fsp3) is 0.462. The lowest BCUT2D eigenvalue weighted by molar-refractivity contribution is 0.0697. The molecule has 0 bridgehead atoms. The Balaban J connectivity index is 2.22. The Hall–Kier alpha value is -1.60. The fourth-order valence-electron chi connectivity index (χ4n) is 2.43. The van der Waals surface area contributed by atoms with Gasteiger partial charge in [0.05, 0.1) is 11.3 Å². The van der Waals surface area contributed by atoms with E-state index in [-0.39, 0.29) is 22.2 Å². The van der Waals surface area contributed by atoms with Gasteiger partial charge in [-0.25, -0.2) is 17.9 Å². The van der Waals surface area contributed by atoms with Crippen molar-refractivity contribution in [3.8, 4) is 0 Å². The van der Waals surface area contributed by atoms with E-state index in [1.54, 1.807) is 0 Å². The van der Waals surface area contributed by atoms with Crippen molar-refractivity contribution >= 4 is 21.7 Å². The zero-order valence-electron chi connectivity index (χ0n) is 11.0. The summed E-state index contributed by atoms with van der Waals surface area (Å²) >= 11 is 0. The normalized spacial score (nSPS) is 17.0. The summed E-state index contributed by atoms with van der Waals surface area (Å²) in [5.74, 6) is -1.14. The summed E-state index contributed by atoms with van der Waals surface area (Å²) in [5, 5.41) is 8.84. The molecular formula is C13H18N2O4S. The predicted octanol–water partition coefficient (Wildman–Crippen LogP) is 1.58. The lowest BCUT2D eigenvalue weighted by Crippen LogP contribution is -2.36. The molecule has 0 aromatic heterocycles. The molecule has 6 nitrogen and oxygen atoms in total. The highest BCUT2D eigenvalue weighted by atomic mass is 32.2. The molecule has 110 valence electrons. The molecule has 0 radical (unpaired) electrons. The molecule has 0 spiro atoms. The second kappa shape index (κ2) is 5.80. The van der Waals surface area contributed by atoms with Crippen LogP contribution in [0.3, 0.4) is 0 Å². The number of benzene rings is 1. The number of nitrogen functional groups attached to an aromatic ring is 1. The van der Waals surface area contributed by atoms with Gasteiger partial charge in [0.25, 0.3) is 0 Å². The van der Waals surface area contributed by atoms with Crippen molar-refractivity contribution in [2.24, 2.45) is 0 Å². The Morgan fingerprint density at radius 3 is 2.45 bits per heavy atom. The highest BCUT2D eigenvalue weighted by Gasteiger charge is 2.24. The van der Waals surface area contributed by atoms with Gasteiger partial charge in [-0.1, -0.05) is 19.3 Å². The van der Waals surface area contributed by atoms with Gasteiger partial charge in [0.2, 0.25) is 10.0 Å². The van der Waals surface area contributed by atoms with Crippen LogP contribution < -0.4 is 10.5 Å². The first-order chi connectivity index (χ1) is 9.40. The summed E-state index contributed by atoms with van der Waals surface area (Å²) in [4.78, 5) is 10.7. The second-order valence-corrected chi connectivity index (χ2v) is 6.70. The van der Waals surface area contributed by atoms with E-state index in [0.29, 0.717) is 0 Å². The molecule has 2 rings (SSSR count). The third-order valence-corrected chi connectivity index (χ3v) is 5.07. The molecule has 0 heterocycles. The summed E-state index contributed by atoms with van der Waals surface area (Å²) in [6.07, 6.45) is 4.81. The van der Waals surface area contributed by atoms with E-state index in [9.17, 15) is 13.2 Å². The number of hydrogen-bond donors (Lipinski definition) is 3. The minimum absolute atomic E-state index is 0.0286. The predicted molar refractivity (Wildman–Crippen MR) is 75.0 cm³/mol. The Morgan fingerprint density at radius 2 is 1.90 bits per heavy atom. The van der Waals surface area contributed by atoms with Gasteiger partial charge >= 0.3 is 5.97 Å². The quantitative estimate of drug-likeness (QED) is 0.731. The van der Waals surface area contributed by atoms with Crippen molar-refractivity contribution in [3.05, 3.63) is 23.8 Å². The number of nitrogens with one attached hydrogen (secondary N) is 1. The van der Waals surface area contributed by atoms with E-state index < -0.39 is 16.0 Å². The highest BCUT2D eigenvalue weighted by Crippen LogP contribution is 2.23. The van der Waals surface area contributed by atoms with E-state index in [1.807, 2.05) is 0 Å². The third-order valence-electron chi connectivity index (χ3n) is 3.47. The van der Waals surface area contributed by atoms with Crippen LogP contribution in [0.25, 0.3) is 0 Å². The van der Waals surface area contributed by atoms with Crippen LogP contribution in [0.15, 0.2) is 23.1 Å². The number of hydrogen-bond acceptors (Lipinski definition) is 4. The van der Waals surface area contributed by atoms with Crippen LogP contribution in [-0.4, -0.2) is 25.5 Å². The highest BCUT2D eigenvalue weighted by molar-refractivity contribution is 7.89. The number of rotatable bonds is 4. The smallest absolute Gasteiger partial charge is 0.335 e. The van der Waals surface area contributed by atoms with Crippen molar-refractivity contribution in [3.63, 3.8) is 0 Å². The largest absolute Gasteiger partial charge is 0.478 e. The van der Waals surface area contributed by atoms with E-state index in [2.05, 4.69) is 4.72 Å². The minimum Gasteiger partial charge on any atom is -0.478 e. The molecule has 1 aromatic carbocycles. The Kier molecular flexibility index (Phi) is 4.29. The standard InChI is InChI=1S/C13H18N2O4S/c14-11-8-9(13(16)17)6-7-12(11)20(18,19)15-10-4-2-1-3-5-10/h6-8,10,15H,1-5,14H2,(H,16,17). The topological polar surface area (TPSA) is 109 Å². The van der Waals surface area contributed by atoms with E-state index in [4.69, 9.17) is 10.8 Å². The van der Waals surface area contributed by atoms with Crippen LogP contribution >= 0.6 is 0 Å². The number of aromatic carboxylic acids is 1. The first-order valence-corrected chi connectivity index (χ1v) is 8.03. The Morgan fingerprint density at radius 1 is 1.25 bits per heavy atom. The zero-order chi connectivity index (χ0) is 14.8. The van der Waals surface area contributed by atoms with Crippen LogP contribution in [0.2, 0.25) is 0 Å². The first kappa shape index (κ1) is 14.8. The first-order valence-electron chi connectivity index (χ1n) is 6.55. The summed E-state index contributed by atoms with van der Waals surface area (Å²) in [5.41, 5.74) is 5.59. The molecule has 1 aliphatic carbocycles. The number of carboxylic acid groups (broad SMARTS) is 1. The van der Waals surface area contributed by atoms with Gasteiger partial charge < -0.3 is 10.8 Å². The molecule has 20 heavy (non-hydrogen) atoms. The van der Waals surface area contributed by atoms with Crippen molar-refractivity contribution in [1.82, 2.24) is 4.72 Å². The summed E-state index contributed by atoms with van der Waals surface area (Å²) in [6, 6.07) is 3.59. The maximum Gasteiger partial charge on any atom is 0.335 e. The number of carboxylic acids is 1. The minimum atomic E-state index is -3.70. The number of nitrogens with two attached hydrogens (primary N) is 1. The van der Waals surface area contributed by atoms with Gasteiger partial charge in [0.15, 0.2) is 0 Å². The molecular weight excluding hydrogens is 280 g/mol. The van der Waals surface area contributed by atoms with E-state index in [1.165, 1.54) is 12.1 Å². The number of sulfonamides is 1. The molecule has 4 N–H and O–H groups in total. The lowest BCUT2D eigenvalue weighted by Gasteiger charge is -2.23. The SMILES string of the molecule is Nc1cc(C(=O)O)ccc1S(=O)(=O)NC1CCCCC1. The maximum absolute atomic E-state index is 12.3. The van der Waals surface area contributed by atoms with Crippen molar-refractivity contribution in [2.45, 2.75) is 43.0 Å². The van der Waals surface area contributed by atoms with Gasteiger partial charge in [0.1, 0.15) is 4.90 Å². The van der Waals surface area contributed by atoms with Gasteiger partial charge in [-0.2, -0.15) is 0 Å². The van der Waals surface area contributed by atoms with E-state index in [0.717, 1.165) is 38.2 Å². The van der Waals surface area contributed by atoms with Crippen LogP contribution in [0.4, 0.5) is 5.69 Å². The Bertz CT molecular complexity index is 607. The van der Waals surface area contributed by atoms with Crippen LogP contribution in [-0.2, 0) is 10.0 Å². The van der Waals surface area contributed by atoms with Crippen molar-refractivity contribution in [1.29, 1.82) is 0 Å². The molecule has 0 saturated heterocycles. The molecule has 1 aliphatic rings. The van der Waals surface area contributed by atoms with Gasteiger partial charge in [-0.3, -0.25) is 0 Å². The van der Waals surface area contributed by atoms with Gasteiger partial charge in [0, 0.05) is 6.04 Å². The van der Waals surface area contributed by atoms with Crippen molar-refractivity contribution < 1.29 is 18.3 Å². The average molecular weight is 298 g/mol. The molecule has 0 atom stereocenters. The molecule has 1 aromatic rings. The zero-order valence-corrected chi connectivity index (χ0v) is 11.8. The number of anilines is 1. The fourth-order valence-corrected chi connectivity index (χ4v) is 3.85. The molecule has 0 aliphatic heterocycles. The summed E-state index contributed by atoms with van der Waals surface area (Å²) in [6.45, 7) is 0. The molecule has 1 fully saturated rings. The van der Waals surface area contributed by atoms with Crippen molar-refractivity contribution in [2.75, 3.05) is 5.73 Å². The molecule has 7 heteroatoms. The molecule has 0 amide bonds. The third kappa shape index (κ3) is 3.29. The van der Waals surface area contributed by atoms with Crippen LogP contribution in [0.1, 0.15) is 42.5 Å². The number of carbonyl (C=O) groups is 1.